The fourth-order valence-corrected chi connectivity index (χ4v) is 1.88. The van der Waals surface area contributed by atoms with E-state index in [0.29, 0.717) is 12.4 Å². The number of anilines is 2. The number of halogens is 1. The van der Waals surface area contributed by atoms with Gasteiger partial charge in [-0.3, -0.25) is 5.10 Å². The van der Waals surface area contributed by atoms with E-state index in [2.05, 4.69) is 20.5 Å². The molecule has 20 heavy (non-hydrogen) atoms. The van der Waals surface area contributed by atoms with Gasteiger partial charge in [-0.2, -0.15) is 4.98 Å². The Bertz CT molecular complexity index is 677. The Balaban J connectivity index is 1.69. The maximum Gasteiger partial charge on any atom is 0.246 e. The molecule has 1 aromatic heterocycles. The van der Waals surface area contributed by atoms with Crippen LogP contribution >= 0.6 is 0 Å². The molecule has 0 saturated carbocycles. The standard InChI is InChI=1S/C15H13FN4/c16-12-6-8-13(9-7-12)17-15-18-14(19-20-15)10-11-4-2-1-3-5-11/h1-9H,10H2,(H2,17,18,19,20). The minimum absolute atomic E-state index is 0.268. The molecule has 1 heterocycles. The zero-order valence-electron chi connectivity index (χ0n) is 10.7. The summed E-state index contributed by atoms with van der Waals surface area (Å²) in [6.45, 7) is 0. The second-order valence-electron chi connectivity index (χ2n) is 4.40. The van der Waals surface area contributed by atoms with Crippen molar-refractivity contribution in [1.82, 2.24) is 15.2 Å². The maximum absolute atomic E-state index is 12.8. The first-order chi connectivity index (χ1) is 9.79. The molecular weight excluding hydrogens is 255 g/mol. The van der Waals surface area contributed by atoms with E-state index in [9.17, 15) is 4.39 Å². The van der Waals surface area contributed by atoms with Gasteiger partial charge >= 0.3 is 0 Å². The number of benzene rings is 2. The first-order valence-corrected chi connectivity index (χ1v) is 6.27. The van der Waals surface area contributed by atoms with Gasteiger partial charge in [0, 0.05) is 12.1 Å². The summed E-state index contributed by atoms with van der Waals surface area (Å²) in [6.07, 6.45) is 0.693. The fraction of sp³-hybridized carbons (Fsp3) is 0.0667. The highest BCUT2D eigenvalue weighted by Crippen LogP contribution is 2.14. The Kier molecular flexibility index (Phi) is 3.41. The molecule has 0 spiro atoms. The summed E-state index contributed by atoms with van der Waals surface area (Å²) < 4.78 is 12.8. The lowest BCUT2D eigenvalue weighted by Gasteiger charge is -2.00. The van der Waals surface area contributed by atoms with Gasteiger partial charge in [-0.1, -0.05) is 30.3 Å². The Labute approximate surface area is 115 Å². The molecule has 0 aliphatic rings. The van der Waals surface area contributed by atoms with E-state index in [1.807, 2.05) is 30.3 Å². The summed E-state index contributed by atoms with van der Waals surface area (Å²) >= 11 is 0. The van der Waals surface area contributed by atoms with Crippen molar-refractivity contribution in [2.24, 2.45) is 0 Å². The number of nitrogens with zero attached hydrogens (tertiary/aromatic N) is 2. The summed E-state index contributed by atoms with van der Waals surface area (Å²) in [5, 5.41) is 9.99. The molecule has 100 valence electrons. The van der Waals surface area contributed by atoms with E-state index < -0.39 is 0 Å². The van der Waals surface area contributed by atoms with Crippen molar-refractivity contribution in [2.75, 3.05) is 5.32 Å². The lowest BCUT2D eigenvalue weighted by atomic mass is 10.1. The van der Waals surface area contributed by atoms with Crippen LogP contribution in [0.25, 0.3) is 0 Å². The predicted octanol–water partition coefficient (Wildman–Crippen LogP) is 3.28. The summed E-state index contributed by atoms with van der Waals surface area (Å²) in [4.78, 5) is 4.35. The van der Waals surface area contributed by atoms with Gasteiger partial charge < -0.3 is 5.32 Å². The van der Waals surface area contributed by atoms with Crippen LogP contribution in [0, 0.1) is 5.82 Å². The third kappa shape index (κ3) is 3.00. The molecular formula is C15H13FN4. The van der Waals surface area contributed by atoms with Crippen LogP contribution in [0.1, 0.15) is 11.4 Å². The van der Waals surface area contributed by atoms with Crippen molar-refractivity contribution < 1.29 is 4.39 Å². The number of nitrogens with one attached hydrogen (secondary N) is 2. The van der Waals surface area contributed by atoms with Crippen LogP contribution < -0.4 is 5.32 Å². The second-order valence-corrected chi connectivity index (χ2v) is 4.40. The molecule has 3 rings (SSSR count). The van der Waals surface area contributed by atoms with Gasteiger partial charge in [0.05, 0.1) is 0 Å². The second kappa shape index (κ2) is 5.52. The minimum Gasteiger partial charge on any atom is -0.323 e. The first kappa shape index (κ1) is 12.3. The van der Waals surface area contributed by atoms with Crippen LogP contribution in [0.2, 0.25) is 0 Å². The smallest absolute Gasteiger partial charge is 0.246 e. The Morgan fingerprint density at radius 2 is 1.75 bits per heavy atom. The molecule has 4 nitrogen and oxygen atoms in total. The summed E-state index contributed by atoms with van der Waals surface area (Å²) in [5.41, 5.74) is 1.91. The molecule has 0 aliphatic carbocycles. The highest BCUT2D eigenvalue weighted by molar-refractivity contribution is 5.52. The van der Waals surface area contributed by atoms with Crippen LogP contribution in [0.5, 0.6) is 0 Å². The minimum atomic E-state index is -0.268. The van der Waals surface area contributed by atoms with E-state index in [-0.39, 0.29) is 5.82 Å². The quantitative estimate of drug-likeness (QED) is 0.763. The number of aromatic amines is 1. The highest BCUT2D eigenvalue weighted by atomic mass is 19.1. The van der Waals surface area contributed by atoms with E-state index in [1.165, 1.54) is 12.1 Å². The summed E-state index contributed by atoms with van der Waals surface area (Å²) in [5.74, 6) is 0.985. The number of hydrogen-bond donors (Lipinski definition) is 2. The molecule has 5 heteroatoms. The van der Waals surface area contributed by atoms with Crippen LogP contribution in [0.3, 0.4) is 0 Å². The van der Waals surface area contributed by atoms with Gasteiger partial charge in [0.1, 0.15) is 11.6 Å². The van der Waals surface area contributed by atoms with Gasteiger partial charge in [-0.25, -0.2) is 4.39 Å². The van der Waals surface area contributed by atoms with E-state index in [0.717, 1.165) is 17.1 Å². The van der Waals surface area contributed by atoms with Crippen molar-refractivity contribution in [2.45, 2.75) is 6.42 Å². The molecule has 0 amide bonds. The normalized spacial score (nSPS) is 10.4. The van der Waals surface area contributed by atoms with Crippen LogP contribution in [0.15, 0.2) is 54.6 Å². The fourth-order valence-electron chi connectivity index (χ4n) is 1.88. The number of aromatic nitrogens is 3. The van der Waals surface area contributed by atoms with Crippen LogP contribution in [-0.4, -0.2) is 15.2 Å². The van der Waals surface area contributed by atoms with Crippen molar-refractivity contribution >= 4 is 11.6 Å². The van der Waals surface area contributed by atoms with E-state index >= 15 is 0 Å². The molecule has 2 N–H and O–H groups in total. The molecule has 0 aliphatic heterocycles. The lowest BCUT2D eigenvalue weighted by Crippen LogP contribution is -1.93. The SMILES string of the molecule is Fc1ccc(Nc2n[nH]c(Cc3ccccc3)n2)cc1. The largest absolute Gasteiger partial charge is 0.323 e. The van der Waals surface area contributed by atoms with E-state index in [4.69, 9.17) is 0 Å². The lowest BCUT2D eigenvalue weighted by molar-refractivity contribution is 0.628. The molecule has 0 unspecified atom stereocenters. The van der Waals surface area contributed by atoms with Gasteiger partial charge in [0.2, 0.25) is 5.95 Å². The molecule has 3 aromatic rings. The zero-order chi connectivity index (χ0) is 13.8. The Morgan fingerprint density at radius 1 is 1.00 bits per heavy atom. The first-order valence-electron chi connectivity index (χ1n) is 6.27. The third-order valence-electron chi connectivity index (χ3n) is 2.85. The van der Waals surface area contributed by atoms with Crippen molar-refractivity contribution in [3.05, 3.63) is 71.8 Å². The zero-order valence-corrected chi connectivity index (χ0v) is 10.7. The summed E-state index contributed by atoms with van der Waals surface area (Å²) in [6, 6.07) is 16.1. The van der Waals surface area contributed by atoms with Crippen LogP contribution in [-0.2, 0) is 6.42 Å². The van der Waals surface area contributed by atoms with Crippen LogP contribution in [0.4, 0.5) is 16.0 Å². The average Bonchev–Trinajstić information content (AvgIpc) is 2.90. The molecule has 2 aromatic carbocycles. The monoisotopic (exact) mass is 268 g/mol. The number of hydrogen-bond acceptors (Lipinski definition) is 3. The molecule has 0 saturated heterocycles. The molecule has 0 radical (unpaired) electrons. The van der Waals surface area contributed by atoms with E-state index in [1.54, 1.807) is 12.1 Å². The molecule has 0 atom stereocenters. The Morgan fingerprint density at radius 3 is 2.50 bits per heavy atom. The van der Waals surface area contributed by atoms with Gasteiger partial charge in [-0.15, -0.1) is 5.10 Å². The van der Waals surface area contributed by atoms with Gasteiger partial charge in [0.15, 0.2) is 0 Å². The van der Waals surface area contributed by atoms with Gasteiger partial charge in [0.25, 0.3) is 0 Å². The highest BCUT2D eigenvalue weighted by Gasteiger charge is 2.04. The number of rotatable bonds is 4. The maximum atomic E-state index is 12.8. The average molecular weight is 268 g/mol. The Hall–Kier alpha value is -2.69. The predicted molar refractivity (Wildman–Crippen MR) is 75.3 cm³/mol. The number of H-pyrrole nitrogens is 1. The molecule has 0 fully saturated rings. The topological polar surface area (TPSA) is 53.6 Å². The summed E-state index contributed by atoms with van der Waals surface area (Å²) in [7, 11) is 0. The van der Waals surface area contributed by atoms with Crippen molar-refractivity contribution in [3.63, 3.8) is 0 Å². The van der Waals surface area contributed by atoms with Crippen molar-refractivity contribution in [3.8, 4) is 0 Å². The van der Waals surface area contributed by atoms with Crippen molar-refractivity contribution in [1.29, 1.82) is 0 Å². The third-order valence-corrected chi connectivity index (χ3v) is 2.85. The van der Waals surface area contributed by atoms with Gasteiger partial charge in [-0.05, 0) is 29.8 Å². The molecule has 0 bridgehead atoms.